The van der Waals surface area contributed by atoms with Crippen LogP contribution in [0.1, 0.15) is 5.56 Å². The lowest BCUT2D eigenvalue weighted by Gasteiger charge is -2.04. The molecule has 1 heterocycles. The first-order chi connectivity index (χ1) is 10.1. The molecular formula is C15H10BrFIN3. The van der Waals surface area contributed by atoms with Crippen LogP contribution in [0.5, 0.6) is 0 Å². The fourth-order valence-electron chi connectivity index (χ4n) is 1.94. The van der Waals surface area contributed by atoms with Crippen LogP contribution in [0.3, 0.4) is 0 Å². The maximum absolute atomic E-state index is 13.3. The van der Waals surface area contributed by atoms with E-state index in [0.29, 0.717) is 12.4 Å². The van der Waals surface area contributed by atoms with E-state index in [2.05, 4.69) is 48.6 Å². The van der Waals surface area contributed by atoms with Gasteiger partial charge in [-0.05, 0) is 58.5 Å². The third-order valence-electron chi connectivity index (χ3n) is 2.98. The largest absolute Gasteiger partial charge is 0.248 e. The molecule has 0 amide bonds. The predicted molar refractivity (Wildman–Crippen MR) is 91.4 cm³/mol. The fourth-order valence-corrected chi connectivity index (χ4v) is 2.67. The third kappa shape index (κ3) is 3.49. The molecule has 0 saturated heterocycles. The van der Waals surface area contributed by atoms with Gasteiger partial charge < -0.3 is 0 Å². The Kier molecular flexibility index (Phi) is 4.34. The lowest BCUT2D eigenvalue weighted by Crippen LogP contribution is -2.01. The van der Waals surface area contributed by atoms with Crippen LogP contribution < -0.4 is 0 Å². The van der Waals surface area contributed by atoms with Crippen LogP contribution in [0, 0.1) is 9.39 Å². The van der Waals surface area contributed by atoms with Crippen molar-refractivity contribution >= 4 is 38.5 Å². The first kappa shape index (κ1) is 14.6. The minimum absolute atomic E-state index is 0.258. The van der Waals surface area contributed by atoms with Crippen molar-refractivity contribution in [2.75, 3.05) is 0 Å². The van der Waals surface area contributed by atoms with E-state index >= 15 is 0 Å². The van der Waals surface area contributed by atoms with Gasteiger partial charge in [-0.2, -0.15) is 5.10 Å². The molecule has 3 nitrogen and oxygen atoms in total. The minimum Gasteiger partial charge on any atom is -0.248 e. The fraction of sp³-hybridized carbons (Fsp3) is 0.0667. The molecule has 0 aliphatic heterocycles. The van der Waals surface area contributed by atoms with Crippen molar-refractivity contribution < 1.29 is 4.39 Å². The van der Waals surface area contributed by atoms with E-state index in [1.54, 1.807) is 17.1 Å². The highest BCUT2D eigenvalue weighted by atomic mass is 127. The van der Waals surface area contributed by atoms with Gasteiger partial charge in [0, 0.05) is 13.6 Å². The van der Waals surface area contributed by atoms with Crippen molar-refractivity contribution in [1.29, 1.82) is 0 Å². The molecule has 0 radical (unpaired) electrons. The number of benzene rings is 2. The molecule has 6 heteroatoms. The lowest BCUT2D eigenvalue weighted by molar-refractivity contribution is 0.618. The summed E-state index contributed by atoms with van der Waals surface area (Å²) in [5.41, 5.74) is 1.79. The molecule has 2 aromatic carbocycles. The highest BCUT2D eigenvalue weighted by molar-refractivity contribution is 14.1. The number of rotatable bonds is 3. The molecule has 106 valence electrons. The highest BCUT2D eigenvalue weighted by Crippen LogP contribution is 2.20. The Balaban J connectivity index is 1.85. The smallest absolute Gasteiger partial charge is 0.181 e. The summed E-state index contributed by atoms with van der Waals surface area (Å²) >= 11 is 5.67. The molecule has 0 spiro atoms. The van der Waals surface area contributed by atoms with Crippen LogP contribution in [-0.4, -0.2) is 14.8 Å². The van der Waals surface area contributed by atoms with Crippen molar-refractivity contribution in [2.24, 2.45) is 0 Å². The Morgan fingerprint density at radius 2 is 1.90 bits per heavy atom. The van der Waals surface area contributed by atoms with Crippen LogP contribution in [0.4, 0.5) is 4.39 Å². The molecule has 0 saturated carbocycles. The second-order valence-electron chi connectivity index (χ2n) is 4.51. The molecule has 0 aliphatic rings. The van der Waals surface area contributed by atoms with Crippen LogP contribution in [0.15, 0.2) is 53.3 Å². The van der Waals surface area contributed by atoms with E-state index < -0.39 is 0 Å². The summed E-state index contributed by atoms with van der Waals surface area (Å²) in [7, 11) is 0. The van der Waals surface area contributed by atoms with Crippen molar-refractivity contribution in [3.63, 3.8) is 0 Å². The molecule has 0 atom stereocenters. The molecule has 0 fully saturated rings. The van der Waals surface area contributed by atoms with Gasteiger partial charge in [0.15, 0.2) is 5.82 Å². The van der Waals surface area contributed by atoms with Crippen molar-refractivity contribution in [1.82, 2.24) is 14.8 Å². The number of hydrogen-bond donors (Lipinski definition) is 0. The molecule has 0 aliphatic carbocycles. The van der Waals surface area contributed by atoms with E-state index in [1.165, 1.54) is 15.7 Å². The number of aromatic nitrogens is 3. The Labute approximate surface area is 143 Å². The zero-order valence-electron chi connectivity index (χ0n) is 10.8. The first-order valence-corrected chi connectivity index (χ1v) is 8.08. The van der Waals surface area contributed by atoms with E-state index in [0.717, 1.165) is 15.6 Å². The van der Waals surface area contributed by atoms with Gasteiger partial charge in [-0.3, -0.25) is 0 Å². The van der Waals surface area contributed by atoms with Gasteiger partial charge in [0.25, 0.3) is 0 Å². The minimum atomic E-state index is -0.258. The maximum atomic E-state index is 13.3. The Bertz CT molecular complexity index is 771. The number of nitrogens with zero attached hydrogens (tertiary/aromatic N) is 3. The average Bonchev–Trinajstić information content (AvgIpc) is 2.92. The molecule has 1 aromatic heterocycles. The highest BCUT2D eigenvalue weighted by Gasteiger charge is 2.07. The monoisotopic (exact) mass is 457 g/mol. The number of halogens is 3. The average molecular weight is 458 g/mol. The van der Waals surface area contributed by atoms with E-state index in [9.17, 15) is 4.39 Å². The second-order valence-corrected chi connectivity index (χ2v) is 6.61. The zero-order chi connectivity index (χ0) is 14.8. The summed E-state index contributed by atoms with van der Waals surface area (Å²) in [6, 6.07) is 12.6. The zero-order valence-corrected chi connectivity index (χ0v) is 14.5. The molecular weight excluding hydrogens is 448 g/mol. The summed E-state index contributed by atoms with van der Waals surface area (Å²) in [5.74, 6) is 0.407. The van der Waals surface area contributed by atoms with Crippen LogP contribution >= 0.6 is 38.5 Å². The van der Waals surface area contributed by atoms with Crippen molar-refractivity contribution in [3.8, 4) is 11.4 Å². The van der Waals surface area contributed by atoms with Crippen molar-refractivity contribution in [3.05, 3.63) is 68.2 Å². The quantitative estimate of drug-likeness (QED) is 0.542. The molecule has 0 unspecified atom stereocenters. The third-order valence-corrected chi connectivity index (χ3v) is 4.47. The predicted octanol–water partition coefficient (Wildman–Crippen LogP) is 4.50. The second kappa shape index (κ2) is 6.23. The Morgan fingerprint density at radius 1 is 1.14 bits per heavy atom. The standard InChI is InChI=1S/C15H10BrFIN3/c16-14-6-3-12(17)7-11(14)8-21-9-19-15(20-21)10-1-4-13(18)5-2-10/h1-7,9H,8H2. The number of hydrogen-bond acceptors (Lipinski definition) is 2. The molecule has 0 N–H and O–H groups in total. The van der Waals surface area contributed by atoms with Gasteiger partial charge in [-0.25, -0.2) is 14.1 Å². The summed E-state index contributed by atoms with van der Waals surface area (Å²) in [4.78, 5) is 4.30. The van der Waals surface area contributed by atoms with Crippen LogP contribution in [0.2, 0.25) is 0 Å². The first-order valence-electron chi connectivity index (χ1n) is 6.21. The van der Waals surface area contributed by atoms with Crippen molar-refractivity contribution in [2.45, 2.75) is 6.54 Å². The van der Waals surface area contributed by atoms with E-state index in [4.69, 9.17) is 0 Å². The van der Waals surface area contributed by atoms with E-state index in [1.807, 2.05) is 24.3 Å². The summed E-state index contributed by atoms with van der Waals surface area (Å²) < 4.78 is 17.0. The van der Waals surface area contributed by atoms with Gasteiger partial charge in [0.2, 0.25) is 0 Å². The molecule has 3 aromatic rings. The Hall–Kier alpha value is -1.28. The van der Waals surface area contributed by atoms with Gasteiger partial charge in [-0.1, -0.05) is 28.1 Å². The topological polar surface area (TPSA) is 30.7 Å². The molecule has 3 rings (SSSR count). The summed E-state index contributed by atoms with van der Waals surface area (Å²) in [5, 5.41) is 4.44. The lowest BCUT2D eigenvalue weighted by atomic mass is 10.2. The molecule has 21 heavy (non-hydrogen) atoms. The molecule has 0 bridgehead atoms. The normalized spacial score (nSPS) is 10.8. The van der Waals surface area contributed by atoms with Crippen LogP contribution in [-0.2, 0) is 6.54 Å². The van der Waals surface area contributed by atoms with Gasteiger partial charge in [0.1, 0.15) is 12.1 Å². The van der Waals surface area contributed by atoms with Gasteiger partial charge in [-0.15, -0.1) is 0 Å². The summed E-state index contributed by atoms with van der Waals surface area (Å²) in [6.07, 6.45) is 1.66. The van der Waals surface area contributed by atoms with E-state index in [-0.39, 0.29) is 5.82 Å². The van der Waals surface area contributed by atoms with Crippen LogP contribution in [0.25, 0.3) is 11.4 Å². The van der Waals surface area contributed by atoms with Gasteiger partial charge >= 0.3 is 0 Å². The summed E-state index contributed by atoms with van der Waals surface area (Å²) in [6.45, 7) is 0.468. The van der Waals surface area contributed by atoms with Gasteiger partial charge in [0.05, 0.1) is 6.54 Å². The maximum Gasteiger partial charge on any atom is 0.181 e. The Morgan fingerprint density at radius 3 is 2.67 bits per heavy atom. The SMILES string of the molecule is Fc1ccc(Br)c(Cn2cnc(-c3ccc(I)cc3)n2)c1.